The topological polar surface area (TPSA) is 24.9 Å². The Morgan fingerprint density at radius 2 is 1.15 bits per heavy atom. The Morgan fingerprint density at radius 1 is 0.676 bits per heavy atom. The molecule has 1 aliphatic heterocycles. The van der Waals surface area contributed by atoms with E-state index in [4.69, 9.17) is 9.47 Å². The Hall–Kier alpha value is -1.72. The van der Waals surface area contributed by atoms with Crippen molar-refractivity contribution in [2.75, 3.05) is 59.6 Å². The molecule has 4 nitrogen and oxygen atoms in total. The summed E-state index contributed by atoms with van der Waals surface area (Å²) in [6, 6.07) is 13.5. The number of likely N-dealkylation sites (N-methyl/N-ethyl adjacent to an activating group) is 1. The van der Waals surface area contributed by atoms with Gasteiger partial charge in [-0.15, -0.1) is 0 Å². The van der Waals surface area contributed by atoms with Crippen LogP contribution < -0.4 is 0 Å². The summed E-state index contributed by atoms with van der Waals surface area (Å²) >= 11 is 0. The Kier molecular flexibility index (Phi) is 11.1. The molecule has 0 bridgehead atoms. The van der Waals surface area contributed by atoms with Crippen molar-refractivity contribution in [2.24, 2.45) is 0 Å². The Labute approximate surface area is 208 Å². The summed E-state index contributed by atoms with van der Waals surface area (Å²) in [6.45, 7) is 16.6. The van der Waals surface area contributed by atoms with Gasteiger partial charge in [-0.1, -0.05) is 64.1 Å². The van der Waals surface area contributed by atoms with E-state index in [0.29, 0.717) is 13.2 Å². The molecule has 0 amide bonds. The molecule has 0 aromatic heterocycles. The van der Waals surface area contributed by atoms with Crippen molar-refractivity contribution in [2.45, 2.75) is 59.5 Å². The second kappa shape index (κ2) is 14.0. The maximum absolute atomic E-state index is 6.75. The summed E-state index contributed by atoms with van der Waals surface area (Å²) in [4.78, 5) is 4.89. The molecule has 0 saturated carbocycles. The number of rotatable bonds is 13. The van der Waals surface area contributed by atoms with Gasteiger partial charge in [-0.2, -0.15) is 0 Å². The van der Waals surface area contributed by atoms with Crippen LogP contribution in [-0.2, 0) is 35.2 Å². The zero-order chi connectivity index (χ0) is 24.3. The van der Waals surface area contributed by atoms with Gasteiger partial charge in [0.2, 0.25) is 0 Å². The van der Waals surface area contributed by atoms with Gasteiger partial charge in [0, 0.05) is 32.7 Å². The van der Waals surface area contributed by atoms with Crippen LogP contribution >= 0.6 is 0 Å². The molecular weight excluding hydrogens is 420 g/mol. The second-order valence-electron chi connectivity index (χ2n) is 9.40. The zero-order valence-corrected chi connectivity index (χ0v) is 22.2. The number of aryl methyl sites for hydroxylation is 4. The van der Waals surface area contributed by atoms with E-state index in [2.05, 4.69) is 80.9 Å². The number of hydrogen-bond acceptors (Lipinski definition) is 4. The first-order valence-corrected chi connectivity index (χ1v) is 13.4. The molecule has 2 aromatic carbocycles. The third kappa shape index (κ3) is 6.91. The van der Waals surface area contributed by atoms with Crippen molar-refractivity contribution in [1.29, 1.82) is 0 Å². The lowest BCUT2D eigenvalue weighted by Gasteiger charge is -2.32. The van der Waals surface area contributed by atoms with Gasteiger partial charge in [0.25, 0.3) is 0 Å². The van der Waals surface area contributed by atoms with Crippen LogP contribution in [0.5, 0.6) is 0 Å². The van der Waals surface area contributed by atoms with Crippen LogP contribution in [0.3, 0.4) is 0 Å². The van der Waals surface area contributed by atoms with Gasteiger partial charge in [-0.3, -0.25) is 4.90 Å². The monoisotopic (exact) mass is 466 g/mol. The summed E-state index contributed by atoms with van der Waals surface area (Å²) in [5.74, 6) is 0. The van der Waals surface area contributed by atoms with Gasteiger partial charge in [-0.25, -0.2) is 0 Å². The molecule has 3 rings (SSSR count). The van der Waals surface area contributed by atoms with Crippen molar-refractivity contribution < 1.29 is 9.47 Å². The lowest BCUT2D eigenvalue weighted by atomic mass is 9.85. The molecular formula is C30H46N2O2. The van der Waals surface area contributed by atoms with Crippen molar-refractivity contribution in [3.63, 3.8) is 0 Å². The van der Waals surface area contributed by atoms with E-state index in [1.165, 1.54) is 33.4 Å². The molecule has 1 saturated heterocycles. The van der Waals surface area contributed by atoms with Crippen LogP contribution in [0.4, 0.5) is 0 Å². The fourth-order valence-electron chi connectivity index (χ4n) is 5.14. The highest BCUT2D eigenvalue weighted by Crippen LogP contribution is 2.36. The maximum atomic E-state index is 6.75. The molecule has 0 N–H and O–H groups in total. The molecule has 1 aliphatic rings. The number of piperazine rings is 1. The summed E-state index contributed by atoms with van der Waals surface area (Å²) in [7, 11) is 2.20. The van der Waals surface area contributed by atoms with Crippen molar-refractivity contribution in [3.8, 4) is 0 Å². The normalized spacial score (nSPS) is 15.4. The molecule has 1 fully saturated rings. The molecule has 0 unspecified atom stereocenters. The van der Waals surface area contributed by atoms with Crippen LogP contribution in [0.2, 0.25) is 0 Å². The first-order valence-electron chi connectivity index (χ1n) is 13.4. The summed E-state index contributed by atoms with van der Waals surface area (Å²) in [6.07, 6.45) is 4.01. The third-order valence-electron chi connectivity index (χ3n) is 7.28. The van der Waals surface area contributed by atoms with Gasteiger partial charge in [0.1, 0.15) is 6.10 Å². The van der Waals surface area contributed by atoms with E-state index < -0.39 is 0 Å². The molecule has 1 heterocycles. The third-order valence-corrected chi connectivity index (χ3v) is 7.28. The Morgan fingerprint density at radius 3 is 1.59 bits per heavy atom. The highest BCUT2D eigenvalue weighted by Gasteiger charge is 2.25. The smallest absolute Gasteiger partial charge is 0.109 e. The minimum atomic E-state index is -0.0431. The van der Waals surface area contributed by atoms with E-state index in [9.17, 15) is 0 Å². The second-order valence-corrected chi connectivity index (χ2v) is 9.40. The maximum Gasteiger partial charge on any atom is 0.109 e. The number of hydrogen-bond donors (Lipinski definition) is 0. The molecule has 2 aromatic rings. The summed E-state index contributed by atoms with van der Waals surface area (Å²) in [5, 5.41) is 0. The molecule has 0 aliphatic carbocycles. The van der Waals surface area contributed by atoms with Gasteiger partial charge in [0.05, 0.1) is 19.8 Å². The molecule has 0 spiro atoms. The first-order chi connectivity index (χ1) is 16.6. The van der Waals surface area contributed by atoms with Crippen molar-refractivity contribution >= 4 is 0 Å². The molecule has 4 heteroatoms. The van der Waals surface area contributed by atoms with Crippen LogP contribution in [0.15, 0.2) is 36.4 Å². The van der Waals surface area contributed by atoms with Gasteiger partial charge >= 0.3 is 0 Å². The van der Waals surface area contributed by atoms with E-state index in [1.54, 1.807) is 0 Å². The largest absolute Gasteiger partial charge is 0.378 e. The quantitative estimate of drug-likeness (QED) is 0.374. The molecule has 188 valence electrons. The van der Waals surface area contributed by atoms with E-state index in [-0.39, 0.29) is 6.10 Å². The van der Waals surface area contributed by atoms with E-state index in [0.717, 1.165) is 65.0 Å². The van der Waals surface area contributed by atoms with Crippen molar-refractivity contribution in [3.05, 3.63) is 69.8 Å². The molecule has 0 atom stereocenters. The van der Waals surface area contributed by atoms with Crippen LogP contribution in [0.1, 0.15) is 67.2 Å². The van der Waals surface area contributed by atoms with Crippen LogP contribution in [-0.4, -0.2) is 69.4 Å². The first kappa shape index (κ1) is 26.9. The van der Waals surface area contributed by atoms with E-state index >= 15 is 0 Å². The molecule has 34 heavy (non-hydrogen) atoms. The minimum absolute atomic E-state index is 0.0431. The lowest BCUT2D eigenvalue weighted by molar-refractivity contribution is 0.0104. The van der Waals surface area contributed by atoms with Crippen LogP contribution in [0.25, 0.3) is 0 Å². The summed E-state index contributed by atoms with van der Waals surface area (Å²) in [5.41, 5.74) is 8.34. The Balaban J connectivity index is 1.74. The Bertz CT molecular complexity index is 774. The van der Waals surface area contributed by atoms with Gasteiger partial charge < -0.3 is 14.4 Å². The molecule has 0 radical (unpaired) electrons. The van der Waals surface area contributed by atoms with E-state index in [1.807, 2.05) is 0 Å². The standard InChI is InChI=1S/C30H46N2O2/c1-6-24-12-10-13-25(7-2)28(24)30(29-26(8-3)14-11-15-27(29)9-4)34-23-22-33-21-20-32-18-16-31(5)17-19-32/h10-15,30H,6-9,16-23H2,1-5H3. The van der Waals surface area contributed by atoms with Crippen LogP contribution in [0, 0.1) is 0 Å². The highest BCUT2D eigenvalue weighted by molar-refractivity contribution is 5.47. The number of ether oxygens (including phenoxy) is 2. The average molecular weight is 467 g/mol. The predicted molar refractivity (Wildman–Crippen MR) is 143 cm³/mol. The summed E-state index contributed by atoms with van der Waals surface area (Å²) < 4.78 is 12.8. The van der Waals surface area contributed by atoms with Gasteiger partial charge in [-0.05, 0) is 66.1 Å². The van der Waals surface area contributed by atoms with Gasteiger partial charge in [0.15, 0.2) is 0 Å². The fraction of sp³-hybridized carbons (Fsp3) is 0.600. The minimum Gasteiger partial charge on any atom is -0.378 e. The SMILES string of the molecule is CCc1cccc(CC)c1C(OCCOCCN1CCN(C)CC1)c1c(CC)cccc1CC. The average Bonchev–Trinajstić information content (AvgIpc) is 2.88. The zero-order valence-electron chi connectivity index (χ0n) is 22.2. The number of nitrogens with zero attached hydrogens (tertiary/aromatic N) is 2. The fourth-order valence-corrected chi connectivity index (χ4v) is 5.14. The van der Waals surface area contributed by atoms with Crippen molar-refractivity contribution in [1.82, 2.24) is 9.80 Å². The highest BCUT2D eigenvalue weighted by atomic mass is 16.5. The number of benzene rings is 2. The predicted octanol–water partition coefficient (Wildman–Crippen LogP) is 5.31. The lowest BCUT2D eigenvalue weighted by Crippen LogP contribution is -2.45.